The Hall–Kier alpha value is -1.56. The van der Waals surface area contributed by atoms with E-state index in [1.54, 1.807) is 30.0 Å². The summed E-state index contributed by atoms with van der Waals surface area (Å²) < 4.78 is 6.55. The largest absolute Gasteiger partial charge is 0.490 e. The van der Waals surface area contributed by atoms with Gasteiger partial charge in [0.05, 0.1) is 17.6 Å². The van der Waals surface area contributed by atoms with Crippen LogP contribution in [0.2, 0.25) is 0 Å². The number of hydrogen-bond acceptors (Lipinski definition) is 3. The highest BCUT2D eigenvalue weighted by molar-refractivity contribution is 9.10. The first-order chi connectivity index (χ1) is 10.3. The van der Waals surface area contributed by atoms with Gasteiger partial charge in [-0.3, -0.25) is 9.59 Å². The molecule has 1 N–H and O–H groups in total. The summed E-state index contributed by atoms with van der Waals surface area (Å²) in [5, 5.41) is 9.19. The second-order valence-electron chi connectivity index (χ2n) is 5.78. The smallest absolute Gasteiger partial charge is 0.308 e. The van der Waals surface area contributed by atoms with E-state index >= 15 is 0 Å². The topological polar surface area (TPSA) is 66.8 Å². The molecule has 22 heavy (non-hydrogen) atoms. The number of nitrogens with zero attached hydrogens (tertiary/aromatic N) is 1. The molecule has 2 atom stereocenters. The van der Waals surface area contributed by atoms with Crippen LogP contribution in [0.25, 0.3) is 0 Å². The number of amides is 1. The lowest BCUT2D eigenvalue weighted by Crippen LogP contribution is -2.37. The molecule has 120 valence electrons. The summed E-state index contributed by atoms with van der Waals surface area (Å²) in [5.41, 5.74) is 0.467. The summed E-state index contributed by atoms with van der Waals surface area (Å²) in [6, 6.07) is 4.95. The molecular formula is C16H20BrNO4. The lowest BCUT2D eigenvalue weighted by atomic mass is 10.0. The Morgan fingerprint density at radius 3 is 2.64 bits per heavy atom. The maximum Gasteiger partial charge on any atom is 0.308 e. The maximum absolute atomic E-state index is 12.8. The molecule has 0 aromatic heterocycles. The van der Waals surface area contributed by atoms with E-state index in [1.807, 2.05) is 13.8 Å². The highest BCUT2D eigenvalue weighted by atomic mass is 79.9. The Kier molecular flexibility index (Phi) is 5.11. The van der Waals surface area contributed by atoms with E-state index < -0.39 is 11.9 Å². The minimum atomic E-state index is -0.850. The zero-order valence-corrected chi connectivity index (χ0v) is 14.5. The van der Waals surface area contributed by atoms with Crippen LogP contribution in [0.5, 0.6) is 5.75 Å². The normalized spacial score (nSPS) is 21.2. The van der Waals surface area contributed by atoms with Crippen molar-refractivity contribution in [3.05, 3.63) is 28.2 Å². The van der Waals surface area contributed by atoms with Gasteiger partial charge in [0.1, 0.15) is 5.75 Å². The average Bonchev–Trinajstić information content (AvgIpc) is 2.79. The van der Waals surface area contributed by atoms with Gasteiger partial charge in [-0.15, -0.1) is 0 Å². The van der Waals surface area contributed by atoms with E-state index in [0.717, 1.165) is 4.47 Å². The highest BCUT2D eigenvalue weighted by Gasteiger charge is 2.39. The van der Waals surface area contributed by atoms with E-state index in [1.165, 1.54) is 0 Å². The number of carbonyl (C=O) groups is 2. The van der Waals surface area contributed by atoms with Crippen molar-refractivity contribution in [2.24, 2.45) is 5.92 Å². The van der Waals surface area contributed by atoms with Crippen molar-refractivity contribution in [2.45, 2.75) is 39.3 Å². The van der Waals surface area contributed by atoms with Crippen LogP contribution in [0.4, 0.5) is 0 Å². The standard InChI is InChI=1S/C16H20BrNO4/c1-9(2)22-14-8-11(17)4-5-13(14)15(19)18-7-6-12(10(18)3)16(20)21/h4-5,8-10,12H,6-7H2,1-3H3,(H,20,21). The Labute approximate surface area is 138 Å². The van der Waals surface area contributed by atoms with Crippen molar-refractivity contribution < 1.29 is 19.4 Å². The van der Waals surface area contributed by atoms with Crippen molar-refractivity contribution >= 4 is 27.8 Å². The first kappa shape index (κ1) is 16.8. The van der Waals surface area contributed by atoms with Crippen LogP contribution < -0.4 is 4.74 Å². The lowest BCUT2D eigenvalue weighted by molar-refractivity contribution is -0.142. The van der Waals surface area contributed by atoms with E-state index in [4.69, 9.17) is 4.74 Å². The van der Waals surface area contributed by atoms with Gasteiger partial charge in [-0.2, -0.15) is 0 Å². The van der Waals surface area contributed by atoms with Gasteiger partial charge in [0.15, 0.2) is 0 Å². The molecule has 1 fully saturated rings. The van der Waals surface area contributed by atoms with Crippen molar-refractivity contribution in [1.29, 1.82) is 0 Å². The third-order valence-corrected chi connectivity index (χ3v) is 4.36. The lowest BCUT2D eigenvalue weighted by Gasteiger charge is -2.25. The third kappa shape index (κ3) is 3.43. The van der Waals surface area contributed by atoms with Gasteiger partial charge in [0, 0.05) is 17.1 Å². The summed E-state index contributed by atoms with van der Waals surface area (Å²) >= 11 is 3.38. The summed E-state index contributed by atoms with van der Waals surface area (Å²) in [6.07, 6.45) is 0.433. The number of hydrogen-bond donors (Lipinski definition) is 1. The molecule has 6 heteroatoms. The first-order valence-corrected chi connectivity index (χ1v) is 8.10. The Morgan fingerprint density at radius 2 is 2.09 bits per heavy atom. The van der Waals surface area contributed by atoms with Gasteiger partial charge in [-0.1, -0.05) is 15.9 Å². The number of aliphatic carboxylic acids is 1. The van der Waals surface area contributed by atoms with Crippen LogP contribution in [0.15, 0.2) is 22.7 Å². The number of carboxylic acids is 1. The molecule has 1 heterocycles. The van der Waals surface area contributed by atoms with E-state index in [2.05, 4.69) is 15.9 Å². The Balaban J connectivity index is 2.28. The predicted octanol–water partition coefficient (Wildman–Crippen LogP) is 3.17. The van der Waals surface area contributed by atoms with Gasteiger partial charge in [0.2, 0.25) is 0 Å². The molecule has 0 aliphatic carbocycles. The van der Waals surface area contributed by atoms with E-state index in [0.29, 0.717) is 24.3 Å². The van der Waals surface area contributed by atoms with Crippen molar-refractivity contribution in [1.82, 2.24) is 4.90 Å². The second kappa shape index (κ2) is 6.69. The number of likely N-dealkylation sites (tertiary alicyclic amines) is 1. The summed E-state index contributed by atoms with van der Waals surface area (Å²) in [4.78, 5) is 25.6. The number of halogens is 1. The molecule has 1 amide bonds. The Bertz CT molecular complexity index is 588. The van der Waals surface area contributed by atoms with Crippen LogP contribution in [-0.4, -0.2) is 40.6 Å². The summed E-state index contributed by atoms with van der Waals surface area (Å²) in [5.74, 6) is -1.02. The van der Waals surface area contributed by atoms with Gasteiger partial charge in [-0.05, 0) is 45.4 Å². The highest BCUT2D eigenvalue weighted by Crippen LogP contribution is 2.30. The van der Waals surface area contributed by atoms with Gasteiger partial charge < -0.3 is 14.7 Å². The first-order valence-electron chi connectivity index (χ1n) is 7.31. The molecule has 2 unspecified atom stereocenters. The molecule has 1 aromatic carbocycles. The van der Waals surface area contributed by atoms with E-state index in [9.17, 15) is 14.7 Å². The number of ether oxygens (including phenoxy) is 1. The molecule has 0 radical (unpaired) electrons. The molecular weight excluding hydrogens is 350 g/mol. The SMILES string of the molecule is CC(C)Oc1cc(Br)ccc1C(=O)N1CCC(C(=O)O)C1C. The van der Waals surface area contributed by atoms with E-state index in [-0.39, 0.29) is 18.1 Å². The van der Waals surface area contributed by atoms with Crippen molar-refractivity contribution in [3.63, 3.8) is 0 Å². The van der Waals surface area contributed by atoms with Gasteiger partial charge in [0.25, 0.3) is 5.91 Å². The number of benzene rings is 1. The van der Waals surface area contributed by atoms with Crippen molar-refractivity contribution in [3.8, 4) is 5.75 Å². The van der Waals surface area contributed by atoms with Crippen LogP contribution >= 0.6 is 15.9 Å². The fourth-order valence-corrected chi connectivity index (χ4v) is 3.08. The molecule has 1 aliphatic heterocycles. The van der Waals surface area contributed by atoms with Crippen molar-refractivity contribution in [2.75, 3.05) is 6.54 Å². The molecule has 1 aliphatic rings. The number of carboxylic acid groups (broad SMARTS) is 1. The van der Waals surface area contributed by atoms with Crippen LogP contribution in [0.3, 0.4) is 0 Å². The van der Waals surface area contributed by atoms with Crippen LogP contribution in [0.1, 0.15) is 37.6 Å². The second-order valence-corrected chi connectivity index (χ2v) is 6.70. The number of carbonyl (C=O) groups excluding carboxylic acids is 1. The molecule has 0 bridgehead atoms. The minimum absolute atomic E-state index is 0.0522. The molecule has 2 rings (SSSR count). The number of rotatable bonds is 4. The molecule has 0 spiro atoms. The molecule has 0 saturated carbocycles. The zero-order valence-electron chi connectivity index (χ0n) is 12.9. The van der Waals surface area contributed by atoms with Gasteiger partial charge in [-0.25, -0.2) is 0 Å². The summed E-state index contributed by atoms with van der Waals surface area (Å²) in [7, 11) is 0. The molecule has 1 aromatic rings. The average molecular weight is 370 g/mol. The molecule has 1 saturated heterocycles. The fraction of sp³-hybridized carbons (Fsp3) is 0.500. The zero-order chi connectivity index (χ0) is 16.4. The van der Waals surface area contributed by atoms with Crippen LogP contribution in [-0.2, 0) is 4.79 Å². The third-order valence-electron chi connectivity index (χ3n) is 3.87. The van der Waals surface area contributed by atoms with Gasteiger partial charge >= 0.3 is 5.97 Å². The quantitative estimate of drug-likeness (QED) is 0.884. The minimum Gasteiger partial charge on any atom is -0.490 e. The fourth-order valence-electron chi connectivity index (χ4n) is 2.74. The summed E-state index contributed by atoms with van der Waals surface area (Å²) in [6.45, 7) is 6.03. The van der Waals surface area contributed by atoms with Crippen LogP contribution in [0, 0.1) is 5.92 Å². The molecule has 5 nitrogen and oxygen atoms in total. The monoisotopic (exact) mass is 369 g/mol. The predicted molar refractivity (Wildman–Crippen MR) is 86.1 cm³/mol. The maximum atomic E-state index is 12.8. The Morgan fingerprint density at radius 1 is 1.41 bits per heavy atom.